The van der Waals surface area contributed by atoms with Crippen molar-refractivity contribution in [1.29, 1.82) is 0 Å². The summed E-state index contributed by atoms with van der Waals surface area (Å²) in [6.07, 6.45) is 4.53. The van der Waals surface area contributed by atoms with E-state index in [1.54, 1.807) is 6.21 Å². The van der Waals surface area contributed by atoms with Gasteiger partial charge in [0.1, 0.15) is 24.1 Å². The van der Waals surface area contributed by atoms with Crippen LogP contribution in [0.2, 0.25) is 19.6 Å². The van der Waals surface area contributed by atoms with E-state index in [9.17, 15) is 0 Å². The number of aryl methyl sites for hydroxylation is 1. The molecule has 0 fully saturated rings. The third kappa shape index (κ3) is 3.96. The summed E-state index contributed by atoms with van der Waals surface area (Å²) in [4.78, 5) is 16.3. The fourth-order valence-corrected chi connectivity index (χ4v) is 2.47. The Bertz CT molecular complexity index is 608. The Balaban J connectivity index is 2.33. The van der Waals surface area contributed by atoms with Gasteiger partial charge in [0, 0.05) is 0 Å². The molecule has 6 heteroatoms. The van der Waals surface area contributed by atoms with E-state index in [1.165, 1.54) is 12.7 Å². The number of nitrogens with zero attached hydrogens (tertiary/aromatic N) is 4. The van der Waals surface area contributed by atoms with Gasteiger partial charge in [-0.2, -0.15) is 0 Å². The van der Waals surface area contributed by atoms with Gasteiger partial charge in [-0.3, -0.25) is 0 Å². The fourth-order valence-electron chi connectivity index (χ4n) is 1.65. The molecule has 1 heterocycles. The van der Waals surface area contributed by atoms with Crippen LogP contribution in [0.4, 0.5) is 5.69 Å². The van der Waals surface area contributed by atoms with E-state index < -0.39 is 8.32 Å². The topological polar surface area (TPSA) is 60.3 Å². The zero-order chi connectivity index (χ0) is 14.6. The van der Waals surface area contributed by atoms with Crippen LogP contribution in [0.25, 0.3) is 0 Å². The van der Waals surface area contributed by atoms with Crippen molar-refractivity contribution in [2.24, 2.45) is 4.99 Å². The lowest BCUT2D eigenvalue weighted by Crippen LogP contribution is -2.29. The summed E-state index contributed by atoms with van der Waals surface area (Å²) in [7, 11) is -1.68. The maximum Gasteiger partial charge on any atom is 0.242 e. The Hall–Kier alpha value is -2.08. The first kappa shape index (κ1) is 14.3. The number of aliphatic imine (C=N–C) groups is 1. The molecule has 0 bridgehead atoms. The van der Waals surface area contributed by atoms with Gasteiger partial charge in [0.2, 0.25) is 8.32 Å². The van der Waals surface area contributed by atoms with Crippen LogP contribution in [0.1, 0.15) is 11.4 Å². The molecule has 0 unspecified atom stereocenters. The first-order valence-electron chi connectivity index (χ1n) is 6.40. The molecule has 0 saturated heterocycles. The van der Waals surface area contributed by atoms with Crippen molar-refractivity contribution in [2.75, 3.05) is 0 Å². The lowest BCUT2D eigenvalue weighted by atomic mass is 10.2. The molecule has 0 aliphatic heterocycles. The lowest BCUT2D eigenvalue weighted by molar-refractivity contribution is 0.558. The molecule has 5 nitrogen and oxygen atoms in total. The molecule has 1 aromatic heterocycles. The van der Waals surface area contributed by atoms with E-state index in [1.807, 2.05) is 25.1 Å². The lowest BCUT2D eigenvalue weighted by Gasteiger charge is -2.21. The van der Waals surface area contributed by atoms with Gasteiger partial charge in [-0.1, -0.05) is 12.1 Å². The van der Waals surface area contributed by atoms with Crippen molar-refractivity contribution < 1.29 is 4.43 Å². The van der Waals surface area contributed by atoms with Gasteiger partial charge < -0.3 is 4.43 Å². The standard InChI is InChI=1S/C14H18N4OSi/c1-11-6-5-7-12(19-20(2,3)4)14(11)16-8-13-17-9-15-10-18-13/h5-10H,1-4H3/b16-8+. The summed E-state index contributed by atoms with van der Waals surface area (Å²) < 4.78 is 6.07. The molecule has 0 radical (unpaired) electrons. The molecule has 1 aromatic carbocycles. The highest BCUT2D eigenvalue weighted by molar-refractivity contribution is 6.70. The van der Waals surface area contributed by atoms with Crippen molar-refractivity contribution in [3.05, 3.63) is 42.2 Å². The fraction of sp³-hybridized carbons (Fsp3) is 0.286. The second-order valence-corrected chi connectivity index (χ2v) is 9.82. The third-order valence-electron chi connectivity index (χ3n) is 2.44. The highest BCUT2D eigenvalue weighted by atomic mass is 28.4. The minimum Gasteiger partial charge on any atom is -0.543 e. The van der Waals surface area contributed by atoms with Crippen molar-refractivity contribution >= 4 is 20.2 Å². The van der Waals surface area contributed by atoms with Crippen LogP contribution in [0.5, 0.6) is 5.75 Å². The summed E-state index contributed by atoms with van der Waals surface area (Å²) in [5, 5.41) is 0. The number of rotatable bonds is 4. The molecule has 0 aliphatic carbocycles. The second-order valence-electron chi connectivity index (χ2n) is 5.39. The monoisotopic (exact) mass is 286 g/mol. The Kier molecular flexibility index (Phi) is 4.24. The highest BCUT2D eigenvalue weighted by Gasteiger charge is 2.18. The van der Waals surface area contributed by atoms with Crippen LogP contribution in [0.15, 0.2) is 35.8 Å². The van der Waals surface area contributed by atoms with Crippen LogP contribution in [-0.2, 0) is 0 Å². The first-order chi connectivity index (χ1) is 9.46. The molecular formula is C14H18N4OSi. The molecular weight excluding hydrogens is 268 g/mol. The molecule has 2 rings (SSSR count). The predicted molar refractivity (Wildman–Crippen MR) is 82.2 cm³/mol. The number of hydrogen-bond acceptors (Lipinski definition) is 5. The number of para-hydroxylation sites is 1. The Morgan fingerprint density at radius 2 is 1.85 bits per heavy atom. The third-order valence-corrected chi connectivity index (χ3v) is 3.27. The second kappa shape index (κ2) is 5.92. The number of aromatic nitrogens is 3. The van der Waals surface area contributed by atoms with Crippen molar-refractivity contribution in [3.8, 4) is 5.75 Å². The molecule has 2 aromatic rings. The SMILES string of the molecule is Cc1cccc(O[Si](C)(C)C)c1/N=C/c1ncncn1. The van der Waals surface area contributed by atoms with Gasteiger partial charge in [-0.15, -0.1) is 0 Å². The van der Waals surface area contributed by atoms with Crippen LogP contribution in [0, 0.1) is 6.92 Å². The Morgan fingerprint density at radius 1 is 1.15 bits per heavy atom. The van der Waals surface area contributed by atoms with Crippen LogP contribution in [0.3, 0.4) is 0 Å². The summed E-state index contributed by atoms with van der Waals surface area (Å²) in [5.41, 5.74) is 1.89. The zero-order valence-corrected chi connectivity index (χ0v) is 13.2. The molecule has 0 N–H and O–H groups in total. The van der Waals surface area contributed by atoms with Crippen LogP contribution in [-0.4, -0.2) is 29.5 Å². The molecule has 0 amide bonds. The summed E-state index contributed by atoms with van der Waals surface area (Å²) in [6.45, 7) is 8.45. The van der Waals surface area contributed by atoms with Gasteiger partial charge in [0.15, 0.2) is 5.82 Å². The van der Waals surface area contributed by atoms with Gasteiger partial charge in [-0.25, -0.2) is 19.9 Å². The first-order valence-corrected chi connectivity index (χ1v) is 9.81. The molecule has 104 valence electrons. The molecule has 0 atom stereocenters. The molecule has 0 saturated carbocycles. The van der Waals surface area contributed by atoms with E-state index in [0.717, 1.165) is 17.0 Å². The smallest absolute Gasteiger partial charge is 0.242 e. The zero-order valence-electron chi connectivity index (χ0n) is 12.2. The largest absolute Gasteiger partial charge is 0.543 e. The van der Waals surface area contributed by atoms with E-state index in [-0.39, 0.29) is 0 Å². The summed E-state index contributed by atoms with van der Waals surface area (Å²) in [6, 6.07) is 5.94. The molecule has 20 heavy (non-hydrogen) atoms. The van der Waals surface area contributed by atoms with Crippen molar-refractivity contribution in [3.63, 3.8) is 0 Å². The minimum absolute atomic E-state index is 0.530. The predicted octanol–water partition coefficient (Wildman–Crippen LogP) is 3.14. The van der Waals surface area contributed by atoms with Crippen LogP contribution < -0.4 is 4.43 Å². The highest BCUT2D eigenvalue weighted by Crippen LogP contribution is 2.32. The van der Waals surface area contributed by atoms with Crippen LogP contribution >= 0.6 is 0 Å². The maximum atomic E-state index is 6.07. The van der Waals surface area contributed by atoms with Gasteiger partial charge >= 0.3 is 0 Å². The van der Waals surface area contributed by atoms with Gasteiger partial charge in [0.05, 0.1) is 6.21 Å². The van der Waals surface area contributed by atoms with E-state index in [0.29, 0.717) is 5.82 Å². The summed E-state index contributed by atoms with van der Waals surface area (Å²) >= 11 is 0. The molecule has 0 aliphatic rings. The van der Waals surface area contributed by atoms with E-state index >= 15 is 0 Å². The quantitative estimate of drug-likeness (QED) is 0.640. The average molecular weight is 286 g/mol. The average Bonchev–Trinajstić information content (AvgIpc) is 2.37. The maximum absolute atomic E-state index is 6.07. The van der Waals surface area contributed by atoms with E-state index in [4.69, 9.17) is 4.43 Å². The van der Waals surface area contributed by atoms with Crippen molar-refractivity contribution in [2.45, 2.75) is 26.6 Å². The Morgan fingerprint density at radius 3 is 2.50 bits per heavy atom. The molecule has 0 spiro atoms. The van der Waals surface area contributed by atoms with E-state index in [2.05, 4.69) is 39.6 Å². The summed E-state index contributed by atoms with van der Waals surface area (Å²) in [5.74, 6) is 1.34. The van der Waals surface area contributed by atoms with Crippen molar-refractivity contribution in [1.82, 2.24) is 15.0 Å². The Labute approximate surface area is 119 Å². The normalized spacial score (nSPS) is 11.8. The minimum atomic E-state index is -1.68. The number of hydrogen-bond donors (Lipinski definition) is 0. The van der Waals surface area contributed by atoms with Gasteiger partial charge in [0.25, 0.3) is 0 Å². The number of benzene rings is 1. The van der Waals surface area contributed by atoms with Gasteiger partial charge in [-0.05, 0) is 38.2 Å².